The number of benzene rings is 1. The third kappa shape index (κ3) is 3.15. The van der Waals surface area contributed by atoms with Crippen LogP contribution < -0.4 is 4.74 Å². The van der Waals surface area contributed by atoms with Gasteiger partial charge in [0.1, 0.15) is 24.4 Å². The molecule has 2 rings (SSSR count). The van der Waals surface area contributed by atoms with Gasteiger partial charge in [0.15, 0.2) is 11.6 Å². The molecular weight excluding hydrogens is 305 g/mol. The molecule has 2 unspecified atom stereocenters. The molecule has 22 heavy (non-hydrogen) atoms. The van der Waals surface area contributed by atoms with Gasteiger partial charge < -0.3 is 29.9 Å². The maximum Gasteiger partial charge on any atom is 0.272 e. The Hall–Kier alpha value is -1.85. The number of nitro benzene ring substituents is 1. The monoisotopic (exact) mass is 319 g/mol. The number of ether oxygens (including phenoxy) is 2. The Bertz CT molecular complexity index is 554. The normalized spacial score (nSPS) is 31.8. The first kappa shape index (κ1) is 16.5. The minimum Gasteiger partial charge on any atom is -0.459 e. The Morgan fingerprint density at radius 1 is 1.27 bits per heavy atom. The standard InChI is InChI=1S/C12H14FNO8/c13-6-3-5(14(19)20)1-2-7(6)21-12-11(18)10(17)9(16)8(4-15)22-12/h1-3,8-12,15-18H,4H2/t8?,9-,10+,11?,12-/m1/s1. The molecule has 0 saturated carbocycles. The molecule has 1 fully saturated rings. The van der Waals surface area contributed by atoms with E-state index >= 15 is 0 Å². The van der Waals surface area contributed by atoms with Gasteiger partial charge in [0.2, 0.25) is 6.29 Å². The quantitative estimate of drug-likeness (QED) is 0.405. The summed E-state index contributed by atoms with van der Waals surface area (Å²) in [6.45, 7) is -0.659. The summed E-state index contributed by atoms with van der Waals surface area (Å²) in [6, 6.07) is 2.58. The third-order valence-corrected chi connectivity index (χ3v) is 3.22. The van der Waals surface area contributed by atoms with Crippen molar-refractivity contribution < 1.29 is 39.2 Å². The highest BCUT2D eigenvalue weighted by molar-refractivity contribution is 5.37. The summed E-state index contributed by atoms with van der Waals surface area (Å²) in [5.41, 5.74) is -0.487. The van der Waals surface area contributed by atoms with Gasteiger partial charge in [0, 0.05) is 6.07 Å². The number of nitro groups is 1. The van der Waals surface area contributed by atoms with Crippen LogP contribution in [-0.2, 0) is 4.74 Å². The molecular formula is C12H14FNO8. The van der Waals surface area contributed by atoms with E-state index in [0.717, 1.165) is 12.1 Å². The summed E-state index contributed by atoms with van der Waals surface area (Å²) in [6.07, 6.45) is -7.71. The molecule has 1 saturated heterocycles. The van der Waals surface area contributed by atoms with Gasteiger partial charge in [-0.3, -0.25) is 10.1 Å². The van der Waals surface area contributed by atoms with E-state index in [9.17, 15) is 29.8 Å². The number of aliphatic hydroxyl groups is 4. The predicted molar refractivity (Wildman–Crippen MR) is 67.4 cm³/mol. The van der Waals surface area contributed by atoms with Crippen LogP contribution in [0.1, 0.15) is 0 Å². The Kier molecular flexibility index (Phi) is 4.88. The maximum atomic E-state index is 13.7. The van der Waals surface area contributed by atoms with Crippen molar-refractivity contribution in [3.8, 4) is 5.75 Å². The summed E-state index contributed by atoms with van der Waals surface area (Å²) >= 11 is 0. The molecule has 5 atom stereocenters. The molecule has 0 bridgehead atoms. The number of halogens is 1. The number of hydrogen-bond donors (Lipinski definition) is 4. The highest BCUT2D eigenvalue weighted by Crippen LogP contribution is 2.27. The number of non-ortho nitro benzene ring substituents is 1. The molecule has 122 valence electrons. The second-order valence-electron chi connectivity index (χ2n) is 4.69. The van der Waals surface area contributed by atoms with Crippen molar-refractivity contribution in [2.24, 2.45) is 0 Å². The molecule has 0 aromatic heterocycles. The average molecular weight is 319 g/mol. The molecule has 4 N–H and O–H groups in total. The van der Waals surface area contributed by atoms with Gasteiger partial charge in [-0.05, 0) is 6.07 Å². The van der Waals surface area contributed by atoms with Gasteiger partial charge in [0.25, 0.3) is 5.69 Å². The molecule has 0 spiro atoms. The fourth-order valence-corrected chi connectivity index (χ4v) is 1.99. The van der Waals surface area contributed by atoms with Gasteiger partial charge in [-0.2, -0.15) is 0 Å². The largest absolute Gasteiger partial charge is 0.459 e. The Morgan fingerprint density at radius 3 is 2.50 bits per heavy atom. The van der Waals surface area contributed by atoms with Gasteiger partial charge in [-0.15, -0.1) is 0 Å². The third-order valence-electron chi connectivity index (χ3n) is 3.22. The summed E-state index contributed by atoms with van der Waals surface area (Å²) in [5, 5.41) is 48.4. The predicted octanol–water partition coefficient (Wildman–Crippen LogP) is -1.09. The summed E-state index contributed by atoms with van der Waals surface area (Å²) < 4.78 is 23.8. The topological polar surface area (TPSA) is 143 Å². The van der Waals surface area contributed by atoms with Crippen LogP contribution in [-0.4, -0.2) is 62.7 Å². The van der Waals surface area contributed by atoms with Crippen LogP contribution >= 0.6 is 0 Å². The fraction of sp³-hybridized carbons (Fsp3) is 0.500. The molecule has 1 aliphatic heterocycles. The summed E-state index contributed by atoms with van der Waals surface area (Å²) in [7, 11) is 0. The molecule has 9 nitrogen and oxygen atoms in total. The van der Waals surface area contributed by atoms with E-state index in [0.29, 0.717) is 6.07 Å². The highest BCUT2D eigenvalue weighted by Gasteiger charge is 2.44. The summed E-state index contributed by atoms with van der Waals surface area (Å²) in [5.74, 6) is -1.51. The van der Waals surface area contributed by atoms with E-state index in [1.165, 1.54) is 0 Å². The van der Waals surface area contributed by atoms with E-state index < -0.39 is 59.5 Å². The smallest absolute Gasteiger partial charge is 0.272 e. The van der Waals surface area contributed by atoms with Crippen LogP contribution in [0.25, 0.3) is 0 Å². The zero-order valence-corrected chi connectivity index (χ0v) is 11.1. The van der Waals surface area contributed by atoms with Gasteiger partial charge in [-0.25, -0.2) is 4.39 Å². The SMILES string of the molecule is O=[N+]([O-])c1ccc(O[C@@H]2OC(CO)[C@@H](O)[C@H](O)C2O)c(F)c1. The molecule has 1 heterocycles. The van der Waals surface area contributed by atoms with Crippen LogP contribution in [0.4, 0.5) is 10.1 Å². The van der Waals surface area contributed by atoms with Crippen molar-refractivity contribution in [3.63, 3.8) is 0 Å². The van der Waals surface area contributed by atoms with Crippen molar-refractivity contribution in [2.45, 2.75) is 30.7 Å². The van der Waals surface area contributed by atoms with Crippen molar-refractivity contribution in [1.29, 1.82) is 0 Å². The lowest BCUT2D eigenvalue weighted by molar-refractivity contribution is -0.385. The zero-order valence-electron chi connectivity index (χ0n) is 11.1. The van der Waals surface area contributed by atoms with Gasteiger partial charge in [-0.1, -0.05) is 0 Å². The van der Waals surface area contributed by atoms with Crippen molar-refractivity contribution >= 4 is 5.69 Å². The van der Waals surface area contributed by atoms with Gasteiger partial charge in [0.05, 0.1) is 17.6 Å². The first-order valence-electron chi connectivity index (χ1n) is 6.26. The van der Waals surface area contributed by atoms with Crippen LogP contribution in [0, 0.1) is 15.9 Å². The van der Waals surface area contributed by atoms with Gasteiger partial charge >= 0.3 is 0 Å². The summed E-state index contributed by atoms with van der Waals surface area (Å²) in [4.78, 5) is 9.72. The van der Waals surface area contributed by atoms with Crippen LogP contribution in [0.3, 0.4) is 0 Å². The molecule has 0 amide bonds. The molecule has 0 aliphatic carbocycles. The first-order chi connectivity index (χ1) is 10.3. The number of aliphatic hydroxyl groups excluding tert-OH is 4. The van der Waals surface area contributed by atoms with Crippen LogP contribution in [0.15, 0.2) is 18.2 Å². The number of rotatable bonds is 4. The van der Waals surface area contributed by atoms with Crippen molar-refractivity contribution in [3.05, 3.63) is 34.1 Å². The first-order valence-corrected chi connectivity index (χ1v) is 6.26. The maximum absolute atomic E-state index is 13.7. The van der Waals surface area contributed by atoms with Crippen LogP contribution in [0.5, 0.6) is 5.75 Å². The van der Waals surface area contributed by atoms with Crippen LogP contribution in [0.2, 0.25) is 0 Å². The minimum absolute atomic E-state index is 0.449. The zero-order chi connectivity index (χ0) is 16.4. The minimum atomic E-state index is -1.70. The second-order valence-corrected chi connectivity index (χ2v) is 4.69. The Morgan fingerprint density at radius 2 is 1.95 bits per heavy atom. The average Bonchev–Trinajstić information content (AvgIpc) is 2.49. The highest BCUT2D eigenvalue weighted by atomic mass is 19.1. The molecule has 1 aromatic rings. The lowest BCUT2D eigenvalue weighted by Gasteiger charge is -2.39. The molecule has 1 aliphatic rings. The van der Waals surface area contributed by atoms with E-state index in [-0.39, 0.29) is 0 Å². The van der Waals surface area contributed by atoms with E-state index in [1.54, 1.807) is 0 Å². The Balaban J connectivity index is 2.17. The number of nitrogens with zero attached hydrogens (tertiary/aromatic N) is 1. The van der Waals surface area contributed by atoms with E-state index in [4.69, 9.17) is 14.6 Å². The lowest BCUT2D eigenvalue weighted by Crippen LogP contribution is -2.60. The fourth-order valence-electron chi connectivity index (χ4n) is 1.99. The van der Waals surface area contributed by atoms with E-state index in [1.807, 2.05) is 0 Å². The second kappa shape index (κ2) is 6.50. The Labute approximate surface area is 123 Å². The van der Waals surface area contributed by atoms with E-state index in [2.05, 4.69) is 0 Å². The molecule has 1 aromatic carbocycles. The van der Waals surface area contributed by atoms with Crippen molar-refractivity contribution in [2.75, 3.05) is 6.61 Å². The molecule has 0 radical (unpaired) electrons. The van der Waals surface area contributed by atoms with Crippen molar-refractivity contribution in [1.82, 2.24) is 0 Å². The molecule has 10 heteroatoms. The number of hydrogen-bond acceptors (Lipinski definition) is 8. The lowest BCUT2D eigenvalue weighted by atomic mass is 9.99.